The molecule has 0 bridgehead atoms. The summed E-state index contributed by atoms with van der Waals surface area (Å²) in [7, 11) is 3.25. The predicted molar refractivity (Wildman–Crippen MR) is 58.3 cm³/mol. The van der Waals surface area contributed by atoms with Gasteiger partial charge < -0.3 is 10.0 Å². The zero-order valence-electron chi connectivity index (χ0n) is 8.43. The van der Waals surface area contributed by atoms with Crippen molar-refractivity contribution >= 4 is 23.0 Å². The lowest BCUT2D eigenvalue weighted by Gasteiger charge is -2.10. The quantitative estimate of drug-likeness (QED) is 0.783. The van der Waals surface area contributed by atoms with Crippen LogP contribution in [0, 0.1) is 0 Å². The van der Waals surface area contributed by atoms with Crippen LogP contribution in [0.25, 0.3) is 0 Å². The summed E-state index contributed by atoms with van der Waals surface area (Å²) >= 11 is 0.913. The average Bonchev–Trinajstić information content (AvgIpc) is 2.18. The van der Waals surface area contributed by atoms with E-state index in [4.69, 9.17) is 5.11 Å². The standard InChI is InChI=1S/C10H11NO3S/c1-11(2)10(14)15-8-6-4-3-5-7(8)9(12)13/h3-6H,1-2H3,(H,12,13). The third-order valence-corrected chi connectivity index (χ3v) is 2.80. The third-order valence-electron chi connectivity index (χ3n) is 1.68. The molecule has 0 aliphatic rings. The molecule has 0 spiro atoms. The van der Waals surface area contributed by atoms with Gasteiger partial charge in [-0.2, -0.15) is 0 Å². The largest absolute Gasteiger partial charge is 0.478 e. The summed E-state index contributed by atoms with van der Waals surface area (Å²) in [5.41, 5.74) is 0.151. The van der Waals surface area contributed by atoms with Crippen LogP contribution in [0.5, 0.6) is 0 Å². The van der Waals surface area contributed by atoms with E-state index in [1.54, 1.807) is 32.3 Å². The molecule has 0 heterocycles. The molecule has 0 radical (unpaired) electrons. The molecule has 1 N–H and O–H groups in total. The van der Waals surface area contributed by atoms with Crippen LogP contribution in [0.1, 0.15) is 10.4 Å². The summed E-state index contributed by atoms with van der Waals surface area (Å²) in [6.07, 6.45) is 0. The minimum absolute atomic E-state index is 0.151. The summed E-state index contributed by atoms with van der Waals surface area (Å²) in [6, 6.07) is 6.44. The number of carbonyl (C=O) groups excluding carboxylic acids is 1. The SMILES string of the molecule is CN(C)C(=O)Sc1ccccc1C(=O)O. The Bertz CT molecular complexity index is 390. The van der Waals surface area contributed by atoms with Crippen LogP contribution in [-0.2, 0) is 0 Å². The van der Waals surface area contributed by atoms with Gasteiger partial charge in [0.2, 0.25) is 0 Å². The van der Waals surface area contributed by atoms with Gasteiger partial charge in [0, 0.05) is 19.0 Å². The monoisotopic (exact) mass is 225 g/mol. The number of benzene rings is 1. The van der Waals surface area contributed by atoms with Crippen molar-refractivity contribution in [1.82, 2.24) is 4.90 Å². The molecule has 5 heteroatoms. The van der Waals surface area contributed by atoms with E-state index >= 15 is 0 Å². The molecule has 4 nitrogen and oxygen atoms in total. The summed E-state index contributed by atoms with van der Waals surface area (Å²) in [5.74, 6) is -1.02. The van der Waals surface area contributed by atoms with Crippen LogP contribution < -0.4 is 0 Å². The lowest BCUT2D eigenvalue weighted by molar-refractivity contribution is 0.0693. The molecule has 0 unspecified atom stereocenters. The molecule has 0 saturated carbocycles. The van der Waals surface area contributed by atoms with Crippen molar-refractivity contribution in [2.75, 3.05) is 14.1 Å². The molecular formula is C10H11NO3S. The first-order valence-electron chi connectivity index (χ1n) is 4.24. The van der Waals surface area contributed by atoms with Crippen LogP contribution in [0.2, 0.25) is 0 Å². The molecule has 80 valence electrons. The van der Waals surface area contributed by atoms with E-state index in [0.717, 1.165) is 11.8 Å². The van der Waals surface area contributed by atoms with Gasteiger partial charge in [0.1, 0.15) is 0 Å². The third kappa shape index (κ3) is 2.99. The van der Waals surface area contributed by atoms with Gasteiger partial charge >= 0.3 is 5.97 Å². The highest BCUT2D eigenvalue weighted by Gasteiger charge is 2.13. The van der Waals surface area contributed by atoms with E-state index in [0.29, 0.717) is 4.90 Å². The summed E-state index contributed by atoms with van der Waals surface area (Å²) < 4.78 is 0. The van der Waals surface area contributed by atoms with Crippen molar-refractivity contribution in [3.8, 4) is 0 Å². The zero-order valence-corrected chi connectivity index (χ0v) is 9.25. The topological polar surface area (TPSA) is 57.6 Å². The van der Waals surface area contributed by atoms with Gasteiger partial charge in [-0.05, 0) is 23.9 Å². The Hall–Kier alpha value is -1.49. The van der Waals surface area contributed by atoms with Gasteiger partial charge in [-0.15, -0.1) is 0 Å². The Labute approximate surface area is 91.9 Å². The zero-order chi connectivity index (χ0) is 11.4. The molecule has 15 heavy (non-hydrogen) atoms. The number of amides is 1. The second kappa shape index (κ2) is 4.84. The molecule has 1 amide bonds. The second-order valence-electron chi connectivity index (χ2n) is 3.06. The maximum absolute atomic E-state index is 11.4. The van der Waals surface area contributed by atoms with Crippen LogP contribution in [-0.4, -0.2) is 35.3 Å². The number of rotatable bonds is 2. The van der Waals surface area contributed by atoms with Crippen molar-refractivity contribution in [1.29, 1.82) is 0 Å². The number of carboxylic acids is 1. The fourth-order valence-electron chi connectivity index (χ4n) is 0.918. The first-order chi connectivity index (χ1) is 7.02. The summed E-state index contributed by atoms with van der Waals surface area (Å²) in [6.45, 7) is 0. The number of thioether (sulfide) groups is 1. The van der Waals surface area contributed by atoms with Crippen LogP contribution >= 0.6 is 11.8 Å². The predicted octanol–water partition coefficient (Wildman–Crippen LogP) is 2.16. The minimum atomic E-state index is -1.02. The smallest absolute Gasteiger partial charge is 0.336 e. The first kappa shape index (κ1) is 11.6. The fourth-order valence-corrected chi connectivity index (χ4v) is 1.70. The van der Waals surface area contributed by atoms with Crippen molar-refractivity contribution in [2.45, 2.75) is 4.90 Å². The molecule has 1 aromatic carbocycles. The van der Waals surface area contributed by atoms with Gasteiger partial charge in [-0.3, -0.25) is 4.79 Å². The van der Waals surface area contributed by atoms with Crippen molar-refractivity contribution in [2.24, 2.45) is 0 Å². The highest BCUT2D eigenvalue weighted by Crippen LogP contribution is 2.24. The Kier molecular flexibility index (Phi) is 3.74. The Morgan fingerprint density at radius 2 is 1.87 bits per heavy atom. The maximum atomic E-state index is 11.4. The minimum Gasteiger partial charge on any atom is -0.478 e. The van der Waals surface area contributed by atoms with E-state index in [1.807, 2.05) is 0 Å². The van der Waals surface area contributed by atoms with E-state index in [1.165, 1.54) is 11.0 Å². The van der Waals surface area contributed by atoms with Crippen molar-refractivity contribution in [3.05, 3.63) is 29.8 Å². The molecule has 0 saturated heterocycles. The van der Waals surface area contributed by atoms with Gasteiger partial charge in [-0.1, -0.05) is 12.1 Å². The van der Waals surface area contributed by atoms with Crippen molar-refractivity contribution < 1.29 is 14.7 Å². The van der Waals surface area contributed by atoms with E-state index in [-0.39, 0.29) is 10.8 Å². The number of carbonyl (C=O) groups is 2. The van der Waals surface area contributed by atoms with Gasteiger partial charge in [0.15, 0.2) is 0 Å². The van der Waals surface area contributed by atoms with Gasteiger partial charge in [0.25, 0.3) is 5.24 Å². The number of hydrogen-bond acceptors (Lipinski definition) is 3. The van der Waals surface area contributed by atoms with Crippen LogP contribution in [0.15, 0.2) is 29.2 Å². The molecule has 1 aromatic rings. The number of carboxylic acid groups (broad SMARTS) is 1. The van der Waals surface area contributed by atoms with Crippen molar-refractivity contribution in [3.63, 3.8) is 0 Å². The molecule has 0 atom stereocenters. The van der Waals surface area contributed by atoms with Gasteiger partial charge in [0.05, 0.1) is 5.56 Å². The van der Waals surface area contributed by atoms with E-state index < -0.39 is 5.97 Å². The summed E-state index contributed by atoms with van der Waals surface area (Å²) in [5, 5.41) is 8.69. The molecule has 1 rings (SSSR count). The van der Waals surface area contributed by atoms with Crippen LogP contribution in [0.4, 0.5) is 4.79 Å². The Morgan fingerprint density at radius 1 is 1.27 bits per heavy atom. The molecular weight excluding hydrogens is 214 g/mol. The summed E-state index contributed by atoms with van der Waals surface area (Å²) in [4.78, 5) is 24.1. The number of hydrogen-bond donors (Lipinski definition) is 1. The lowest BCUT2D eigenvalue weighted by Crippen LogP contribution is -2.16. The highest BCUT2D eigenvalue weighted by molar-refractivity contribution is 8.13. The molecule has 0 aliphatic carbocycles. The van der Waals surface area contributed by atoms with Crippen LogP contribution in [0.3, 0.4) is 0 Å². The normalized spacial score (nSPS) is 9.73. The Morgan fingerprint density at radius 3 is 2.40 bits per heavy atom. The highest BCUT2D eigenvalue weighted by atomic mass is 32.2. The first-order valence-corrected chi connectivity index (χ1v) is 5.05. The number of nitrogens with zero attached hydrogens (tertiary/aromatic N) is 1. The van der Waals surface area contributed by atoms with E-state index in [9.17, 15) is 9.59 Å². The fraction of sp³-hybridized carbons (Fsp3) is 0.200. The lowest BCUT2D eigenvalue weighted by atomic mass is 10.2. The molecule has 0 aromatic heterocycles. The van der Waals surface area contributed by atoms with Gasteiger partial charge in [-0.25, -0.2) is 4.79 Å². The maximum Gasteiger partial charge on any atom is 0.336 e. The second-order valence-corrected chi connectivity index (χ2v) is 4.06. The molecule has 0 fully saturated rings. The molecule has 0 aliphatic heterocycles. The number of aromatic carboxylic acids is 1. The average molecular weight is 225 g/mol. The Balaban J connectivity index is 2.94. The van der Waals surface area contributed by atoms with E-state index in [2.05, 4.69) is 0 Å².